The number of amides is 1. The minimum Gasteiger partial charge on any atom is -0.379 e. The van der Waals surface area contributed by atoms with Gasteiger partial charge in [0.15, 0.2) is 10.8 Å². The molecule has 0 spiro atoms. The van der Waals surface area contributed by atoms with Crippen molar-refractivity contribution >= 4 is 23.2 Å². The average Bonchev–Trinajstić information content (AvgIpc) is 2.88. The fraction of sp³-hybridized carbons (Fsp3) is 0.467. The molecule has 1 N–H and O–H groups in total. The smallest absolute Gasteiger partial charge is 0.271 e. The summed E-state index contributed by atoms with van der Waals surface area (Å²) in [5.41, 5.74) is 1.06. The van der Waals surface area contributed by atoms with Crippen LogP contribution < -0.4 is 5.32 Å². The summed E-state index contributed by atoms with van der Waals surface area (Å²) in [5, 5.41) is 3.15. The molecule has 6 nitrogen and oxygen atoms in total. The zero-order chi connectivity index (χ0) is 15.4. The SMILES string of the molecule is O=C(NCCCN1CCOCC1)c1c(Cl)nc2ccccn12. The predicted molar refractivity (Wildman–Crippen MR) is 84.4 cm³/mol. The number of pyridine rings is 1. The molecule has 0 aliphatic carbocycles. The van der Waals surface area contributed by atoms with Crippen LogP contribution in [0.2, 0.25) is 5.15 Å². The molecule has 3 rings (SSSR count). The van der Waals surface area contributed by atoms with Crippen LogP contribution in [-0.2, 0) is 4.74 Å². The van der Waals surface area contributed by atoms with Gasteiger partial charge in [-0.25, -0.2) is 4.98 Å². The van der Waals surface area contributed by atoms with Gasteiger partial charge in [0.2, 0.25) is 0 Å². The van der Waals surface area contributed by atoms with Gasteiger partial charge in [0.05, 0.1) is 13.2 Å². The molecule has 3 heterocycles. The van der Waals surface area contributed by atoms with Crippen molar-refractivity contribution in [3.63, 3.8) is 0 Å². The van der Waals surface area contributed by atoms with Crippen LogP contribution in [0.1, 0.15) is 16.9 Å². The molecule has 0 unspecified atom stereocenters. The summed E-state index contributed by atoms with van der Waals surface area (Å²) in [4.78, 5) is 18.8. The third-order valence-electron chi connectivity index (χ3n) is 3.74. The first-order valence-electron chi connectivity index (χ1n) is 7.46. The lowest BCUT2D eigenvalue weighted by Gasteiger charge is -2.26. The Morgan fingerprint density at radius 2 is 2.18 bits per heavy atom. The number of nitrogens with zero attached hydrogens (tertiary/aromatic N) is 3. The first kappa shape index (κ1) is 15.3. The Balaban J connectivity index is 1.54. The summed E-state index contributed by atoms with van der Waals surface area (Å²) >= 11 is 6.08. The quantitative estimate of drug-likeness (QED) is 0.846. The molecule has 1 amide bonds. The van der Waals surface area contributed by atoms with Crippen LogP contribution in [0.4, 0.5) is 0 Å². The Morgan fingerprint density at radius 3 is 3.00 bits per heavy atom. The van der Waals surface area contributed by atoms with E-state index >= 15 is 0 Å². The van der Waals surface area contributed by atoms with Gasteiger partial charge in [-0.15, -0.1) is 0 Å². The molecule has 2 aromatic heterocycles. The molecule has 7 heteroatoms. The fourth-order valence-corrected chi connectivity index (χ4v) is 2.85. The second kappa shape index (κ2) is 7.09. The number of halogens is 1. The second-order valence-electron chi connectivity index (χ2n) is 5.24. The maximum absolute atomic E-state index is 12.3. The number of morpholine rings is 1. The molecule has 118 valence electrons. The Labute approximate surface area is 134 Å². The lowest BCUT2D eigenvalue weighted by Crippen LogP contribution is -2.38. The van der Waals surface area contributed by atoms with E-state index in [1.807, 2.05) is 18.2 Å². The maximum atomic E-state index is 12.3. The van der Waals surface area contributed by atoms with Crippen LogP contribution in [0.5, 0.6) is 0 Å². The molecule has 1 fully saturated rings. The Hall–Kier alpha value is -1.63. The van der Waals surface area contributed by atoms with E-state index in [9.17, 15) is 4.79 Å². The van der Waals surface area contributed by atoms with Crippen LogP contribution in [0.25, 0.3) is 5.65 Å². The molecule has 2 aromatic rings. The van der Waals surface area contributed by atoms with Crippen molar-refractivity contribution in [1.29, 1.82) is 0 Å². The highest BCUT2D eigenvalue weighted by molar-refractivity contribution is 6.32. The Kier molecular flexibility index (Phi) is 4.92. The molecule has 1 saturated heterocycles. The number of imidazole rings is 1. The van der Waals surface area contributed by atoms with Crippen molar-refractivity contribution in [2.45, 2.75) is 6.42 Å². The fourth-order valence-electron chi connectivity index (χ4n) is 2.58. The summed E-state index contributed by atoms with van der Waals surface area (Å²) in [6, 6.07) is 5.53. The van der Waals surface area contributed by atoms with Crippen molar-refractivity contribution in [1.82, 2.24) is 19.6 Å². The molecule has 0 atom stereocenters. The molecular weight excluding hydrogens is 304 g/mol. The van der Waals surface area contributed by atoms with Gasteiger partial charge < -0.3 is 10.1 Å². The Morgan fingerprint density at radius 1 is 1.36 bits per heavy atom. The van der Waals surface area contributed by atoms with Crippen LogP contribution >= 0.6 is 11.6 Å². The van der Waals surface area contributed by atoms with Gasteiger partial charge in [-0.2, -0.15) is 0 Å². The lowest BCUT2D eigenvalue weighted by atomic mass is 10.3. The van der Waals surface area contributed by atoms with Crippen LogP contribution in [0, 0.1) is 0 Å². The number of aromatic nitrogens is 2. The van der Waals surface area contributed by atoms with E-state index < -0.39 is 0 Å². The number of carbonyl (C=O) groups excluding carboxylic acids is 1. The first-order chi connectivity index (χ1) is 10.8. The number of carbonyl (C=O) groups is 1. The highest BCUT2D eigenvalue weighted by atomic mass is 35.5. The number of nitrogens with one attached hydrogen (secondary N) is 1. The minimum absolute atomic E-state index is 0.189. The molecule has 1 aliphatic heterocycles. The number of fused-ring (bicyclic) bond motifs is 1. The van der Waals surface area contributed by atoms with Gasteiger partial charge in [-0.1, -0.05) is 17.7 Å². The molecule has 0 bridgehead atoms. The third kappa shape index (κ3) is 3.40. The van der Waals surface area contributed by atoms with Crippen molar-refractivity contribution in [3.8, 4) is 0 Å². The number of ether oxygens (including phenoxy) is 1. The van der Waals surface area contributed by atoms with Gasteiger partial charge in [-0.05, 0) is 25.1 Å². The van der Waals surface area contributed by atoms with Crippen molar-refractivity contribution in [2.75, 3.05) is 39.4 Å². The lowest BCUT2D eigenvalue weighted by molar-refractivity contribution is 0.0374. The zero-order valence-corrected chi connectivity index (χ0v) is 13.1. The number of hydrogen-bond donors (Lipinski definition) is 1. The third-order valence-corrected chi connectivity index (χ3v) is 4.01. The van der Waals surface area contributed by atoms with Gasteiger partial charge >= 0.3 is 0 Å². The van der Waals surface area contributed by atoms with Crippen LogP contribution in [0.3, 0.4) is 0 Å². The minimum atomic E-state index is -0.189. The normalized spacial score (nSPS) is 16.0. The van der Waals surface area contributed by atoms with E-state index in [-0.39, 0.29) is 11.1 Å². The molecule has 0 radical (unpaired) electrons. The van der Waals surface area contributed by atoms with Crippen molar-refractivity contribution in [3.05, 3.63) is 35.2 Å². The summed E-state index contributed by atoms with van der Waals surface area (Å²) < 4.78 is 7.02. The topological polar surface area (TPSA) is 58.9 Å². The maximum Gasteiger partial charge on any atom is 0.271 e. The Bertz CT molecular complexity index is 652. The van der Waals surface area contributed by atoms with E-state index in [1.54, 1.807) is 10.6 Å². The number of rotatable bonds is 5. The highest BCUT2D eigenvalue weighted by Crippen LogP contribution is 2.17. The van der Waals surface area contributed by atoms with E-state index in [0.29, 0.717) is 17.9 Å². The average molecular weight is 323 g/mol. The van der Waals surface area contributed by atoms with E-state index in [2.05, 4.69) is 15.2 Å². The molecule has 22 heavy (non-hydrogen) atoms. The summed E-state index contributed by atoms with van der Waals surface area (Å²) in [6.07, 6.45) is 2.69. The van der Waals surface area contributed by atoms with Crippen molar-refractivity contribution < 1.29 is 9.53 Å². The molecule has 0 aromatic carbocycles. The van der Waals surface area contributed by atoms with Crippen LogP contribution in [-0.4, -0.2) is 59.6 Å². The molecule has 0 saturated carbocycles. The van der Waals surface area contributed by atoms with E-state index in [1.165, 1.54) is 0 Å². The van der Waals surface area contributed by atoms with E-state index in [0.717, 1.165) is 39.3 Å². The highest BCUT2D eigenvalue weighted by Gasteiger charge is 2.17. The van der Waals surface area contributed by atoms with Gasteiger partial charge in [0, 0.05) is 25.8 Å². The predicted octanol–water partition coefficient (Wildman–Crippen LogP) is 1.44. The molecular formula is C15H19ClN4O2. The van der Waals surface area contributed by atoms with Gasteiger partial charge in [0.1, 0.15) is 5.65 Å². The summed E-state index contributed by atoms with van der Waals surface area (Å²) in [7, 11) is 0. The summed E-state index contributed by atoms with van der Waals surface area (Å²) in [6.45, 7) is 5.10. The van der Waals surface area contributed by atoms with Gasteiger partial charge in [0.25, 0.3) is 5.91 Å². The monoisotopic (exact) mass is 322 g/mol. The summed E-state index contributed by atoms with van der Waals surface area (Å²) in [5.74, 6) is -0.189. The zero-order valence-electron chi connectivity index (χ0n) is 12.3. The first-order valence-corrected chi connectivity index (χ1v) is 7.84. The largest absolute Gasteiger partial charge is 0.379 e. The van der Waals surface area contributed by atoms with Gasteiger partial charge in [-0.3, -0.25) is 14.1 Å². The number of hydrogen-bond acceptors (Lipinski definition) is 4. The standard InChI is InChI=1S/C15H19ClN4O2/c16-14-13(20-7-2-1-4-12(20)18-14)15(21)17-5-3-6-19-8-10-22-11-9-19/h1-2,4,7H,3,5-6,8-11H2,(H,17,21). The molecule has 1 aliphatic rings. The van der Waals surface area contributed by atoms with E-state index in [4.69, 9.17) is 16.3 Å². The van der Waals surface area contributed by atoms with Crippen molar-refractivity contribution in [2.24, 2.45) is 0 Å². The second-order valence-corrected chi connectivity index (χ2v) is 5.60. The van der Waals surface area contributed by atoms with Crippen LogP contribution in [0.15, 0.2) is 24.4 Å².